The van der Waals surface area contributed by atoms with Crippen molar-refractivity contribution >= 4 is 40.5 Å². The number of anilines is 1. The predicted molar refractivity (Wildman–Crippen MR) is 131 cm³/mol. The summed E-state index contributed by atoms with van der Waals surface area (Å²) in [5.74, 6) is -0.957. The molecule has 11 nitrogen and oxygen atoms in total. The largest absolute Gasteiger partial charge is 0.347 e. The Morgan fingerprint density at radius 1 is 0.972 bits per heavy atom. The molecule has 1 saturated heterocycles. The minimum Gasteiger partial charge on any atom is -0.347 e. The highest BCUT2D eigenvalue weighted by Crippen LogP contribution is 2.38. The molecule has 1 spiro atoms. The van der Waals surface area contributed by atoms with Crippen molar-refractivity contribution in [3.63, 3.8) is 0 Å². The first-order chi connectivity index (χ1) is 17.1. The summed E-state index contributed by atoms with van der Waals surface area (Å²) in [7, 11) is 4.84. The number of nitrogens with zero attached hydrogens (tertiary/aromatic N) is 4. The van der Waals surface area contributed by atoms with Crippen LogP contribution in [0.5, 0.6) is 0 Å². The van der Waals surface area contributed by atoms with Gasteiger partial charge in [-0.3, -0.25) is 28.8 Å². The smallest absolute Gasteiger partial charge is 0.330 e. The van der Waals surface area contributed by atoms with E-state index < -0.39 is 23.2 Å². The van der Waals surface area contributed by atoms with Crippen LogP contribution in [-0.4, -0.2) is 69.4 Å². The standard InChI is InChI=1S/C25H26N6O5/c1-28(2)21(33)14-31-19-7-5-4-6-18(19)30(24(31)36)13-20(32)26-17-9-8-15-11-25(12-16(15)10-17)22(34)27-23(35)29(25)3/h4-10H,11-14H2,1-3H3,(H,26,32)(H,27,34,35)/t25-/m1/s1. The number of carbonyl (C=O) groups excluding carboxylic acids is 4. The van der Waals surface area contributed by atoms with Crippen LogP contribution >= 0.6 is 0 Å². The van der Waals surface area contributed by atoms with Crippen LogP contribution in [0.25, 0.3) is 11.0 Å². The van der Waals surface area contributed by atoms with Crippen LogP contribution in [0.4, 0.5) is 10.5 Å². The number of amides is 5. The molecule has 1 atom stereocenters. The molecule has 5 rings (SSSR count). The Morgan fingerprint density at radius 2 is 1.61 bits per heavy atom. The zero-order valence-electron chi connectivity index (χ0n) is 20.2. The van der Waals surface area contributed by atoms with Gasteiger partial charge in [-0.1, -0.05) is 18.2 Å². The molecule has 2 heterocycles. The Labute approximate surface area is 206 Å². The fraction of sp³-hybridized carbons (Fsp3) is 0.320. The number of aromatic nitrogens is 2. The summed E-state index contributed by atoms with van der Waals surface area (Å²) in [5, 5.41) is 5.19. The van der Waals surface area contributed by atoms with Crippen molar-refractivity contribution in [3.05, 3.63) is 64.1 Å². The van der Waals surface area contributed by atoms with Gasteiger partial charge < -0.3 is 15.1 Å². The fourth-order valence-corrected chi connectivity index (χ4v) is 4.97. The number of imidazole rings is 1. The normalized spacial score (nSPS) is 18.6. The van der Waals surface area contributed by atoms with E-state index in [9.17, 15) is 24.0 Å². The third-order valence-corrected chi connectivity index (χ3v) is 7.06. The lowest BCUT2D eigenvalue weighted by Gasteiger charge is -2.27. The Morgan fingerprint density at radius 3 is 2.22 bits per heavy atom. The minimum absolute atomic E-state index is 0.127. The lowest BCUT2D eigenvalue weighted by molar-refractivity contribution is -0.129. The maximum Gasteiger partial charge on any atom is 0.330 e. The SMILES string of the molecule is CN(C)C(=O)Cn1c(=O)n(CC(=O)Nc2ccc3c(c2)C[C@]2(C3)C(=O)NC(=O)N2C)c2ccccc21. The van der Waals surface area contributed by atoms with E-state index in [1.54, 1.807) is 57.5 Å². The highest BCUT2D eigenvalue weighted by atomic mass is 16.2. The molecular formula is C25H26N6O5. The van der Waals surface area contributed by atoms with Crippen molar-refractivity contribution in [2.75, 3.05) is 26.5 Å². The molecule has 1 fully saturated rings. The number of likely N-dealkylation sites (N-methyl/N-ethyl adjacent to an activating group) is 2. The number of rotatable bonds is 5. The topological polar surface area (TPSA) is 126 Å². The minimum atomic E-state index is -0.943. The zero-order valence-corrected chi connectivity index (χ0v) is 20.2. The monoisotopic (exact) mass is 490 g/mol. The van der Waals surface area contributed by atoms with Crippen LogP contribution in [-0.2, 0) is 40.3 Å². The third kappa shape index (κ3) is 3.63. The van der Waals surface area contributed by atoms with Crippen molar-refractivity contribution in [1.29, 1.82) is 0 Å². The molecule has 2 aliphatic rings. The first kappa shape index (κ1) is 23.3. The summed E-state index contributed by atoms with van der Waals surface area (Å²) < 4.78 is 2.71. The predicted octanol–water partition coefficient (Wildman–Crippen LogP) is 0.549. The lowest BCUT2D eigenvalue weighted by atomic mass is 9.95. The highest BCUT2D eigenvalue weighted by molar-refractivity contribution is 6.07. The maximum absolute atomic E-state index is 13.1. The number of hydrogen-bond donors (Lipinski definition) is 2. The summed E-state index contributed by atoms with van der Waals surface area (Å²) in [6.45, 7) is -0.360. The summed E-state index contributed by atoms with van der Waals surface area (Å²) >= 11 is 0. The van der Waals surface area contributed by atoms with Gasteiger partial charge in [0.2, 0.25) is 11.8 Å². The third-order valence-electron chi connectivity index (χ3n) is 7.06. The molecule has 36 heavy (non-hydrogen) atoms. The first-order valence-corrected chi connectivity index (χ1v) is 11.5. The van der Waals surface area contributed by atoms with Gasteiger partial charge in [0.05, 0.1) is 11.0 Å². The van der Waals surface area contributed by atoms with Crippen molar-refractivity contribution < 1.29 is 19.2 Å². The van der Waals surface area contributed by atoms with Crippen molar-refractivity contribution in [3.8, 4) is 0 Å². The Balaban J connectivity index is 1.37. The number of fused-ring (bicyclic) bond motifs is 2. The number of hydrogen-bond acceptors (Lipinski definition) is 5. The molecule has 0 saturated carbocycles. The van der Waals surface area contributed by atoms with Crippen LogP contribution in [0.1, 0.15) is 11.1 Å². The van der Waals surface area contributed by atoms with Gasteiger partial charge >= 0.3 is 11.7 Å². The van der Waals surface area contributed by atoms with E-state index in [0.29, 0.717) is 29.6 Å². The summed E-state index contributed by atoms with van der Waals surface area (Å²) in [6, 6.07) is 12.0. The summed E-state index contributed by atoms with van der Waals surface area (Å²) in [5.41, 5.74) is 2.08. The second-order valence-electron chi connectivity index (χ2n) is 9.47. The first-order valence-electron chi connectivity index (χ1n) is 11.5. The molecule has 3 aromatic rings. The van der Waals surface area contributed by atoms with Crippen LogP contribution in [0.2, 0.25) is 0 Å². The van der Waals surface area contributed by atoms with Gasteiger partial charge in [-0.05, 0) is 35.4 Å². The van der Waals surface area contributed by atoms with E-state index in [2.05, 4.69) is 10.6 Å². The van der Waals surface area contributed by atoms with E-state index in [1.807, 2.05) is 6.07 Å². The van der Waals surface area contributed by atoms with Crippen LogP contribution in [0.3, 0.4) is 0 Å². The molecule has 0 unspecified atom stereocenters. The quantitative estimate of drug-likeness (QED) is 0.505. The van der Waals surface area contributed by atoms with Crippen molar-refractivity contribution in [1.82, 2.24) is 24.3 Å². The molecule has 1 aliphatic carbocycles. The van der Waals surface area contributed by atoms with Gasteiger partial charge in [0.15, 0.2) is 0 Å². The van der Waals surface area contributed by atoms with Crippen LogP contribution in [0.15, 0.2) is 47.3 Å². The highest BCUT2D eigenvalue weighted by Gasteiger charge is 2.54. The Bertz CT molecular complexity index is 1500. The molecule has 0 radical (unpaired) electrons. The number of imide groups is 1. The van der Waals surface area contributed by atoms with Gasteiger partial charge in [0, 0.05) is 39.7 Å². The molecule has 186 valence electrons. The van der Waals surface area contributed by atoms with Crippen LogP contribution < -0.4 is 16.3 Å². The van der Waals surface area contributed by atoms with Gasteiger partial charge in [0.25, 0.3) is 5.91 Å². The number of urea groups is 1. The number of nitrogens with one attached hydrogen (secondary N) is 2. The van der Waals surface area contributed by atoms with E-state index in [-0.39, 0.29) is 24.9 Å². The van der Waals surface area contributed by atoms with Crippen molar-refractivity contribution in [2.45, 2.75) is 31.5 Å². The second kappa shape index (κ2) is 8.36. The molecule has 2 N–H and O–H groups in total. The number of benzene rings is 2. The van der Waals surface area contributed by atoms with E-state index in [1.165, 1.54) is 18.9 Å². The van der Waals surface area contributed by atoms with Gasteiger partial charge in [0.1, 0.15) is 18.6 Å². The van der Waals surface area contributed by atoms with Gasteiger partial charge in [-0.15, -0.1) is 0 Å². The van der Waals surface area contributed by atoms with Crippen LogP contribution in [0, 0.1) is 0 Å². The molecule has 1 aliphatic heterocycles. The average Bonchev–Trinajstić information content (AvgIpc) is 3.42. The lowest BCUT2D eigenvalue weighted by Crippen LogP contribution is -2.48. The molecule has 11 heteroatoms. The summed E-state index contributed by atoms with van der Waals surface area (Å²) in [6.07, 6.45) is 0.762. The average molecular weight is 491 g/mol. The molecule has 1 aromatic heterocycles. The van der Waals surface area contributed by atoms with Crippen molar-refractivity contribution in [2.24, 2.45) is 0 Å². The fourth-order valence-electron chi connectivity index (χ4n) is 4.97. The number of para-hydroxylation sites is 2. The molecule has 0 bridgehead atoms. The summed E-state index contributed by atoms with van der Waals surface area (Å²) in [4.78, 5) is 65.7. The van der Waals surface area contributed by atoms with Gasteiger partial charge in [-0.25, -0.2) is 9.59 Å². The molecule has 2 aromatic carbocycles. The maximum atomic E-state index is 13.1. The van der Waals surface area contributed by atoms with E-state index >= 15 is 0 Å². The second-order valence-corrected chi connectivity index (χ2v) is 9.47. The molecule has 5 amide bonds. The van der Waals surface area contributed by atoms with E-state index in [0.717, 1.165) is 11.1 Å². The van der Waals surface area contributed by atoms with E-state index in [4.69, 9.17) is 0 Å². The number of carbonyl (C=O) groups is 4. The zero-order chi connectivity index (χ0) is 25.8. The molecular weight excluding hydrogens is 464 g/mol. The Kier molecular flexibility index (Phi) is 5.42. The Hall–Kier alpha value is -4.41. The van der Waals surface area contributed by atoms with Gasteiger partial charge in [-0.2, -0.15) is 0 Å².